The second-order valence-electron chi connectivity index (χ2n) is 6.42. The molecule has 0 atom stereocenters. The number of nitrogens with zero attached hydrogens (tertiary/aromatic N) is 2. The third-order valence-corrected chi connectivity index (χ3v) is 5.02. The topological polar surface area (TPSA) is 39.7 Å². The fourth-order valence-corrected chi connectivity index (χ4v) is 3.37. The largest absolute Gasteiger partial charge is 0.357 e. The highest BCUT2D eigenvalue weighted by Crippen LogP contribution is 2.34. The van der Waals surface area contributed by atoms with Crippen LogP contribution >= 0.6 is 11.3 Å². The van der Waals surface area contributed by atoms with E-state index in [1.807, 2.05) is 0 Å². The van der Waals surface area contributed by atoms with E-state index in [2.05, 4.69) is 44.3 Å². The number of aliphatic imine (C=N–C) groups is 1. The molecule has 2 N–H and O–H groups in total. The van der Waals surface area contributed by atoms with E-state index in [9.17, 15) is 0 Å². The molecule has 0 unspecified atom stereocenters. The van der Waals surface area contributed by atoms with Crippen molar-refractivity contribution in [1.29, 1.82) is 0 Å². The average molecular weight is 321 g/mol. The van der Waals surface area contributed by atoms with Crippen LogP contribution < -0.4 is 10.6 Å². The highest BCUT2D eigenvalue weighted by Gasteiger charge is 2.33. The highest BCUT2D eigenvalue weighted by atomic mass is 32.1. The first kappa shape index (κ1) is 15.8. The summed E-state index contributed by atoms with van der Waals surface area (Å²) in [6.07, 6.45) is 5.70. The minimum Gasteiger partial charge on any atom is -0.357 e. The normalized spacial score (nSPS) is 18.7. The SMILES string of the molecule is CCNC(=NCc1ccsc1)NCCN(CC1CC1)C1CC1. The number of nitrogens with one attached hydrogen (secondary N) is 2. The Morgan fingerprint density at radius 3 is 2.82 bits per heavy atom. The molecule has 2 saturated carbocycles. The van der Waals surface area contributed by atoms with Crippen molar-refractivity contribution in [2.75, 3.05) is 26.2 Å². The molecule has 3 rings (SSSR count). The van der Waals surface area contributed by atoms with Gasteiger partial charge in [0.1, 0.15) is 0 Å². The molecule has 0 radical (unpaired) electrons. The summed E-state index contributed by atoms with van der Waals surface area (Å²) >= 11 is 1.73. The molecule has 0 aliphatic heterocycles. The van der Waals surface area contributed by atoms with Gasteiger partial charge < -0.3 is 10.6 Å². The van der Waals surface area contributed by atoms with Gasteiger partial charge in [-0.2, -0.15) is 11.3 Å². The maximum atomic E-state index is 4.67. The molecule has 2 aliphatic rings. The Morgan fingerprint density at radius 2 is 2.18 bits per heavy atom. The summed E-state index contributed by atoms with van der Waals surface area (Å²) in [5.41, 5.74) is 1.29. The zero-order valence-electron chi connectivity index (χ0n) is 13.6. The predicted molar refractivity (Wildman–Crippen MR) is 94.5 cm³/mol. The van der Waals surface area contributed by atoms with Gasteiger partial charge in [0.25, 0.3) is 0 Å². The number of hydrogen-bond acceptors (Lipinski definition) is 3. The first-order chi connectivity index (χ1) is 10.8. The van der Waals surface area contributed by atoms with E-state index in [0.717, 1.165) is 44.1 Å². The molecular formula is C17H28N4S. The van der Waals surface area contributed by atoms with Crippen molar-refractivity contribution >= 4 is 17.3 Å². The molecule has 1 aromatic rings. The molecule has 4 nitrogen and oxygen atoms in total. The van der Waals surface area contributed by atoms with Crippen LogP contribution in [-0.2, 0) is 6.54 Å². The van der Waals surface area contributed by atoms with Crippen LogP contribution in [0.1, 0.15) is 38.2 Å². The Bertz CT molecular complexity index is 463. The van der Waals surface area contributed by atoms with Gasteiger partial charge in [0.2, 0.25) is 0 Å². The van der Waals surface area contributed by atoms with Crippen molar-refractivity contribution in [2.24, 2.45) is 10.9 Å². The first-order valence-electron chi connectivity index (χ1n) is 8.62. The molecule has 1 heterocycles. The maximum absolute atomic E-state index is 4.67. The van der Waals surface area contributed by atoms with Crippen molar-refractivity contribution in [3.05, 3.63) is 22.4 Å². The van der Waals surface area contributed by atoms with Gasteiger partial charge >= 0.3 is 0 Å². The fourth-order valence-electron chi connectivity index (χ4n) is 2.71. The third-order valence-electron chi connectivity index (χ3n) is 4.29. The lowest BCUT2D eigenvalue weighted by molar-refractivity contribution is 0.256. The average Bonchev–Trinajstić information content (AvgIpc) is 3.44. The van der Waals surface area contributed by atoms with Gasteiger partial charge in [-0.1, -0.05) is 0 Å². The monoisotopic (exact) mass is 320 g/mol. The summed E-state index contributed by atoms with van der Waals surface area (Å²) in [5, 5.41) is 11.1. The molecule has 0 bridgehead atoms. The Kier molecular flexibility index (Phi) is 5.73. The van der Waals surface area contributed by atoms with Crippen LogP contribution in [0.2, 0.25) is 0 Å². The Labute approximate surface area is 138 Å². The minimum absolute atomic E-state index is 0.757. The fraction of sp³-hybridized carbons (Fsp3) is 0.706. The van der Waals surface area contributed by atoms with Crippen LogP contribution in [0.15, 0.2) is 21.8 Å². The molecule has 0 spiro atoms. The van der Waals surface area contributed by atoms with Crippen LogP contribution in [0.5, 0.6) is 0 Å². The highest BCUT2D eigenvalue weighted by molar-refractivity contribution is 7.07. The van der Waals surface area contributed by atoms with Crippen molar-refractivity contribution in [3.63, 3.8) is 0 Å². The van der Waals surface area contributed by atoms with E-state index in [-0.39, 0.29) is 0 Å². The zero-order valence-corrected chi connectivity index (χ0v) is 14.4. The van der Waals surface area contributed by atoms with E-state index in [0.29, 0.717) is 0 Å². The molecule has 0 aromatic carbocycles. The summed E-state index contributed by atoms with van der Waals surface area (Å²) in [7, 11) is 0. The molecule has 122 valence electrons. The molecule has 0 amide bonds. The van der Waals surface area contributed by atoms with E-state index in [1.54, 1.807) is 11.3 Å². The van der Waals surface area contributed by atoms with Gasteiger partial charge in [0.05, 0.1) is 6.54 Å². The summed E-state index contributed by atoms with van der Waals surface area (Å²) in [5.74, 6) is 1.93. The van der Waals surface area contributed by atoms with Crippen LogP contribution in [0, 0.1) is 5.92 Å². The lowest BCUT2D eigenvalue weighted by atomic mass is 10.3. The Hall–Kier alpha value is -1.07. The van der Waals surface area contributed by atoms with Crippen LogP contribution in [0.25, 0.3) is 0 Å². The molecule has 1 aromatic heterocycles. The van der Waals surface area contributed by atoms with Gasteiger partial charge in [-0.25, -0.2) is 4.99 Å². The first-order valence-corrected chi connectivity index (χ1v) is 9.56. The number of thiophene rings is 1. The molecule has 2 fully saturated rings. The number of rotatable bonds is 9. The Morgan fingerprint density at radius 1 is 1.32 bits per heavy atom. The van der Waals surface area contributed by atoms with E-state index in [1.165, 1.54) is 37.8 Å². The van der Waals surface area contributed by atoms with Gasteiger partial charge in [0, 0.05) is 32.2 Å². The van der Waals surface area contributed by atoms with Crippen molar-refractivity contribution in [1.82, 2.24) is 15.5 Å². The lowest BCUT2D eigenvalue weighted by Crippen LogP contribution is -2.42. The quantitative estimate of drug-likeness (QED) is 0.543. The Balaban J connectivity index is 1.42. The van der Waals surface area contributed by atoms with Crippen LogP contribution in [0.3, 0.4) is 0 Å². The summed E-state index contributed by atoms with van der Waals surface area (Å²) in [4.78, 5) is 7.36. The molecule has 5 heteroatoms. The van der Waals surface area contributed by atoms with Crippen molar-refractivity contribution in [2.45, 2.75) is 45.2 Å². The van der Waals surface area contributed by atoms with Crippen molar-refractivity contribution in [3.8, 4) is 0 Å². The maximum Gasteiger partial charge on any atom is 0.191 e. The molecular weight excluding hydrogens is 292 g/mol. The predicted octanol–water partition coefficient (Wildman–Crippen LogP) is 2.68. The second-order valence-corrected chi connectivity index (χ2v) is 7.20. The minimum atomic E-state index is 0.757. The standard InChI is InChI=1S/C17H28N4S/c1-2-18-17(20-11-15-7-10-22-13-15)19-8-9-21(16-5-6-16)12-14-3-4-14/h7,10,13-14,16H,2-6,8-9,11-12H2,1H3,(H2,18,19,20). The summed E-state index contributed by atoms with van der Waals surface area (Å²) in [6.45, 7) is 7.22. The lowest BCUT2D eigenvalue weighted by Gasteiger charge is -2.22. The van der Waals surface area contributed by atoms with Gasteiger partial charge in [-0.05, 0) is 60.9 Å². The van der Waals surface area contributed by atoms with E-state index >= 15 is 0 Å². The summed E-state index contributed by atoms with van der Waals surface area (Å²) < 4.78 is 0. The molecule has 22 heavy (non-hydrogen) atoms. The van der Waals surface area contributed by atoms with Crippen molar-refractivity contribution < 1.29 is 0 Å². The number of hydrogen-bond donors (Lipinski definition) is 2. The third kappa shape index (κ3) is 5.29. The second kappa shape index (κ2) is 7.97. The molecule has 2 aliphatic carbocycles. The van der Waals surface area contributed by atoms with E-state index < -0.39 is 0 Å². The van der Waals surface area contributed by atoms with Gasteiger partial charge in [-0.15, -0.1) is 0 Å². The van der Waals surface area contributed by atoms with Crippen LogP contribution in [0.4, 0.5) is 0 Å². The van der Waals surface area contributed by atoms with Crippen LogP contribution in [-0.4, -0.2) is 43.1 Å². The smallest absolute Gasteiger partial charge is 0.191 e. The van der Waals surface area contributed by atoms with E-state index in [4.69, 9.17) is 0 Å². The van der Waals surface area contributed by atoms with Gasteiger partial charge in [0.15, 0.2) is 5.96 Å². The summed E-state index contributed by atoms with van der Waals surface area (Å²) in [6, 6.07) is 3.01. The number of guanidine groups is 1. The molecule has 0 saturated heterocycles. The zero-order chi connectivity index (χ0) is 15.2. The van der Waals surface area contributed by atoms with Gasteiger partial charge in [-0.3, -0.25) is 4.90 Å².